The zero-order chi connectivity index (χ0) is 12.5. The topological polar surface area (TPSA) is 59.6 Å². The Labute approximate surface area is 105 Å². The van der Waals surface area contributed by atoms with Gasteiger partial charge in [0, 0.05) is 12.3 Å². The molecule has 0 aliphatic carbocycles. The molecule has 0 radical (unpaired) electrons. The third-order valence-corrected chi connectivity index (χ3v) is 3.34. The van der Waals surface area contributed by atoms with Crippen molar-refractivity contribution in [1.29, 1.82) is 0 Å². The van der Waals surface area contributed by atoms with Gasteiger partial charge >= 0.3 is 0 Å². The predicted molar refractivity (Wildman–Crippen MR) is 68.0 cm³/mol. The molecule has 1 fully saturated rings. The Morgan fingerprint density at radius 2 is 2.33 bits per heavy atom. The van der Waals surface area contributed by atoms with Crippen LogP contribution in [0.4, 0.5) is 11.4 Å². The largest absolute Gasteiger partial charge is 0.482 e. The molecule has 2 aliphatic rings. The van der Waals surface area contributed by atoms with Gasteiger partial charge in [0.15, 0.2) is 6.61 Å². The van der Waals surface area contributed by atoms with E-state index in [2.05, 4.69) is 17.6 Å². The van der Waals surface area contributed by atoms with Gasteiger partial charge in [-0.3, -0.25) is 4.79 Å². The van der Waals surface area contributed by atoms with Gasteiger partial charge in [-0.05, 0) is 31.5 Å². The summed E-state index contributed by atoms with van der Waals surface area (Å²) in [4.78, 5) is 11.3. The molecule has 0 spiro atoms. The summed E-state index contributed by atoms with van der Waals surface area (Å²) < 4.78 is 10.8. The van der Waals surface area contributed by atoms with E-state index in [0.29, 0.717) is 6.04 Å². The lowest BCUT2D eigenvalue weighted by Crippen LogP contribution is -2.27. The molecule has 1 saturated heterocycles. The summed E-state index contributed by atoms with van der Waals surface area (Å²) in [6, 6.07) is 6.05. The van der Waals surface area contributed by atoms with Gasteiger partial charge in [-0.25, -0.2) is 0 Å². The summed E-state index contributed by atoms with van der Waals surface area (Å²) >= 11 is 0. The molecule has 3 rings (SSSR count). The van der Waals surface area contributed by atoms with Crippen molar-refractivity contribution in [2.45, 2.75) is 25.5 Å². The van der Waals surface area contributed by atoms with Crippen LogP contribution in [0, 0.1) is 0 Å². The van der Waals surface area contributed by atoms with E-state index in [9.17, 15) is 4.79 Å². The standard InChI is InChI=1S/C13H16N2O3/c1-8-10(4-5-17-8)14-9-2-3-12-11(6-9)15-13(16)7-18-12/h2-3,6,8,10,14H,4-5,7H2,1H3,(H,15,16). The van der Waals surface area contributed by atoms with Crippen LogP contribution >= 0.6 is 0 Å². The Morgan fingerprint density at radius 1 is 1.44 bits per heavy atom. The molecule has 1 aromatic rings. The number of fused-ring (bicyclic) bond motifs is 1. The first-order chi connectivity index (χ1) is 8.72. The van der Waals surface area contributed by atoms with Crippen molar-refractivity contribution < 1.29 is 14.3 Å². The first-order valence-electron chi connectivity index (χ1n) is 6.17. The lowest BCUT2D eigenvalue weighted by molar-refractivity contribution is -0.118. The number of benzene rings is 1. The van der Waals surface area contributed by atoms with Crippen LogP contribution in [0.2, 0.25) is 0 Å². The minimum absolute atomic E-state index is 0.0905. The van der Waals surface area contributed by atoms with E-state index in [4.69, 9.17) is 9.47 Å². The fourth-order valence-electron chi connectivity index (χ4n) is 2.31. The van der Waals surface area contributed by atoms with Crippen LogP contribution in [0.25, 0.3) is 0 Å². The van der Waals surface area contributed by atoms with Gasteiger partial charge in [-0.15, -0.1) is 0 Å². The van der Waals surface area contributed by atoms with Gasteiger partial charge < -0.3 is 20.1 Å². The van der Waals surface area contributed by atoms with Crippen LogP contribution < -0.4 is 15.4 Å². The average molecular weight is 248 g/mol. The molecule has 96 valence electrons. The van der Waals surface area contributed by atoms with E-state index in [1.165, 1.54) is 0 Å². The molecule has 2 atom stereocenters. The smallest absolute Gasteiger partial charge is 0.262 e. The van der Waals surface area contributed by atoms with E-state index in [1.54, 1.807) is 0 Å². The molecule has 0 aromatic heterocycles. The minimum Gasteiger partial charge on any atom is -0.482 e. The zero-order valence-electron chi connectivity index (χ0n) is 10.2. The van der Waals surface area contributed by atoms with Gasteiger partial charge in [0.2, 0.25) is 0 Å². The highest BCUT2D eigenvalue weighted by Gasteiger charge is 2.24. The molecular formula is C13H16N2O3. The van der Waals surface area contributed by atoms with Gasteiger partial charge in [0.1, 0.15) is 5.75 Å². The average Bonchev–Trinajstić information content (AvgIpc) is 2.74. The highest BCUT2D eigenvalue weighted by molar-refractivity contribution is 5.96. The van der Waals surface area contributed by atoms with Gasteiger partial charge in [0.25, 0.3) is 5.91 Å². The molecule has 2 aliphatic heterocycles. The maximum absolute atomic E-state index is 11.3. The summed E-state index contributed by atoms with van der Waals surface area (Å²) in [7, 11) is 0. The number of carbonyl (C=O) groups excluding carboxylic acids is 1. The molecule has 1 aromatic carbocycles. The van der Waals surface area contributed by atoms with Crippen LogP contribution in [0.15, 0.2) is 18.2 Å². The summed E-state index contributed by atoms with van der Waals surface area (Å²) in [5, 5.41) is 6.22. The molecule has 2 heterocycles. The van der Waals surface area contributed by atoms with Crippen LogP contribution in [-0.4, -0.2) is 31.3 Å². The highest BCUT2D eigenvalue weighted by atomic mass is 16.5. The number of hydrogen-bond donors (Lipinski definition) is 2. The molecule has 2 N–H and O–H groups in total. The Balaban J connectivity index is 1.77. The lowest BCUT2D eigenvalue weighted by atomic mass is 10.1. The van der Waals surface area contributed by atoms with E-state index in [0.717, 1.165) is 30.2 Å². The summed E-state index contributed by atoms with van der Waals surface area (Å²) in [5.41, 5.74) is 1.70. The van der Waals surface area contributed by atoms with Crippen LogP contribution in [0.5, 0.6) is 5.75 Å². The van der Waals surface area contributed by atoms with Crippen LogP contribution in [0.3, 0.4) is 0 Å². The van der Waals surface area contributed by atoms with E-state index < -0.39 is 0 Å². The third kappa shape index (κ3) is 2.13. The number of anilines is 2. The van der Waals surface area contributed by atoms with E-state index >= 15 is 0 Å². The van der Waals surface area contributed by atoms with Crippen molar-refractivity contribution in [2.24, 2.45) is 0 Å². The number of amides is 1. The molecule has 18 heavy (non-hydrogen) atoms. The molecule has 1 amide bonds. The zero-order valence-corrected chi connectivity index (χ0v) is 10.2. The van der Waals surface area contributed by atoms with Crippen molar-refractivity contribution in [2.75, 3.05) is 23.8 Å². The van der Waals surface area contributed by atoms with E-state index in [-0.39, 0.29) is 18.6 Å². The second-order valence-electron chi connectivity index (χ2n) is 4.66. The van der Waals surface area contributed by atoms with Crippen LogP contribution in [0.1, 0.15) is 13.3 Å². The number of rotatable bonds is 2. The maximum Gasteiger partial charge on any atom is 0.262 e. The second-order valence-corrected chi connectivity index (χ2v) is 4.66. The van der Waals surface area contributed by atoms with Crippen molar-refractivity contribution in [1.82, 2.24) is 0 Å². The Morgan fingerprint density at radius 3 is 3.11 bits per heavy atom. The Bertz CT molecular complexity index is 475. The van der Waals surface area contributed by atoms with Crippen molar-refractivity contribution >= 4 is 17.3 Å². The summed E-state index contributed by atoms with van der Waals surface area (Å²) in [6.07, 6.45) is 1.22. The number of hydrogen-bond acceptors (Lipinski definition) is 4. The van der Waals surface area contributed by atoms with E-state index in [1.807, 2.05) is 18.2 Å². The molecular weight excluding hydrogens is 232 g/mol. The molecule has 0 bridgehead atoms. The molecule has 5 heteroatoms. The number of nitrogens with one attached hydrogen (secondary N) is 2. The van der Waals surface area contributed by atoms with Crippen molar-refractivity contribution in [3.05, 3.63) is 18.2 Å². The third-order valence-electron chi connectivity index (χ3n) is 3.34. The first kappa shape index (κ1) is 11.3. The first-order valence-corrected chi connectivity index (χ1v) is 6.17. The van der Waals surface area contributed by atoms with Gasteiger partial charge in [0.05, 0.1) is 17.8 Å². The quantitative estimate of drug-likeness (QED) is 0.834. The fraction of sp³-hybridized carbons (Fsp3) is 0.462. The predicted octanol–water partition coefficient (Wildman–Crippen LogP) is 1.61. The SMILES string of the molecule is CC1OCCC1Nc1ccc2c(c1)NC(=O)CO2. The minimum atomic E-state index is -0.114. The second kappa shape index (κ2) is 4.49. The van der Waals surface area contributed by atoms with Crippen molar-refractivity contribution in [3.8, 4) is 5.75 Å². The lowest BCUT2D eigenvalue weighted by Gasteiger charge is -2.21. The number of ether oxygens (including phenoxy) is 2. The van der Waals surface area contributed by atoms with Crippen LogP contribution in [-0.2, 0) is 9.53 Å². The monoisotopic (exact) mass is 248 g/mol. The maximum atomic E-state index is 11.3. The van der Waals surface area contributed by atoms with Gasteiger partial charge in [-0.2, -0.15) is 0 Å². The Hall–Kier alpha value is -1.75. The molecule has 5 nitrogen and oxygen atoms in total. The molecule has 2 unspecified atom stereocenters. The summed E-state index contributed by atoms with van der Waals surface area (Å²) in [6.45, 7) is 2.95. The van der Waals surface area contributed by atoms with Crippen molar-refractivity contribution in [3.63, 3.8) is 0 Å². The number of carbonyl (C=O) groups is 1. The highest BCUT2D eigenvalue weighted by Crippen LogP contribution is 2.31. The normalized spacial score (nSPS) is 26.2. The molecule has 0 saturated carbocycles. The summed E-state index contributed by atoms with van der Waals surface area (Å²) in [5.74, 6) is 0.605. The fourth-order valence-corrected chi connectivity index (χ4v) is 2.31. The Kier molecular flexibility index (Phi) is 2.83. The van der Waals surface area contributed by atoms with Gasteiger partial charge in [-0.1, -0.05) is 0 Å².